The van der Waals surface area contributed by atoms with E-state index in [1.54, 1.807) is 18.2 Å². The van der Waals surface area contributed by atoms with Crippen LogP contribution in [0.4, 0.5) is 13.2 Å². The fourth-order valence-electron chi connectivity index (χ4n) is 3.39. The van der Waals surface area contributed by atoms with Crippen LogP contribution in [0.25, 0.3) is 11.0 Å². The number of imidazole rings is 1. The molecule has 2 aromatic rings. The lowest BCUT2D eigenvalue weighted by molar-refractivity contribution is -0.135. The van der Waals surface area contributed by atoms with Gasteiger partial charge in [-0.1, -0.05) is 20.8 Å². The molecule has 1 heterocycles. The minimum atomic E-state index is -4.14. The summed E-state index contributed by atoms with van der Waals surface area (Å²) in [6.45, 7) is 6.40. The first-order valence-corrected chi connectivity index (χ1v) is 11.3. The highest BCUT2D eigenvalue weighted by Gasteiger charge is 2.30. The molecule has 0 unspecified atom stereocenters. The molecule has 0 N–H and O–H groups in total. The number of unbranched alkanes of at least 4 members (excludes halogenated alkanes) is 1. The van der Waals surface area contributed by atoms with Gasteiger partial charge in [-0.2, -0.15) is 13.2 Å². The molecular formula is C20H27F3N2O2S. The zero-order valence-corrected chi connectivity index (χ0v) is 17.3. The summed E-state index contributed by atoms with van der Waals surface area (Å²) in [5.41, 5.74) is 1.04. The number of sulfone groups is 1. The van der Waals surface area contributed by atoms with Crippen molar-refractivity contribution < 1.29 is 21.6 Å². The lowest BCUT2D eigenvalue weighted by Crippen LogP contribution is -2.19. The van der Waals surface area contributed by atoms with Crippen molar-refractivity contribution in [1.29, 1.82) is 0 Å². The molecule has 156 valence electrons. The first-order chi connectivity index (χ1) is 12.9. The lowest BCUT2D eigenvalue weighted by atomic mass is 9.95. The minimum absolute atomic E-state index is 0.0562. The van der Waals surface area contributed by atoms with E-state index in [0.29, 0.717) is 18.5 Å². The summed E-state index contributed by atoms with van der Waals surface area (Å²) in [6, 6.07) is 4.94. The van der Waals surface area contributed by atoms with Crippen molar-refractivity contribution in [3.8, 4) is 0 Å². The highest BCUT2D eigenvalue weighted by Crippen LogP contribution is 2.34. The lowest BCUT2D eigenvalue weighted by Gasteiger charge is -2.20. The van der Waals surface area contributed by atoms with Gasteiger partial charge in [0.15, 0.2) is 9.84 Å². The van der Waals surface area contributed by atoms with Gasteiger partial charge in [-0.3, -0.25) is 0 Å². The third kappa shape index (κ3) is 5.07. The Balaban J connectivity index is 1.90. The summed E-state index contributed by atoms with van der Waals surface area (Å²) in [5.74, 6) is 1.19. The van der Waals surface area contributed by atoms with Crippen molar-refractivity contribution in [2.75, 3.05) is 5.75 Å². The Morgan fingerprint density at radius 1 is 1.14 bits per heavy atom. The molecule has 1 aliphatic rings. The number of alkyl halides is 3. The van der Waals surface area contributed by atoms with Gasteiger partial charge >= 0.3 is 6.18 Å². The fraction of sp³-hybridized carbons (Fsp3) is 0.650. The second-order valence-electron chi connectivity index (χ2n) is 8.78. The number of halogens is 3. The summed E-state index contributed by atoms with van der Waals surface area (Å²) >= 11 is 0. The van der Waals surface area contributed by atoms with Crippen LogP contribution in [0.1, 0.15) is 58.7 Å². The molecule has 28 heavy (non-hydrogen) atoms. The monoisotopic (exact) mass is 416 g/mol. The van der Waals surface area contributed by atoms with Crippen molar-refractivity contribution in [2.24, 2.45) is 5.92 Å². The van der Waals surface area contributed by atoms with E-state index in [2.05, 4.69) is 4.98 Å². The first kappa shape index (κ1) is 21.1. The summed E-state index contributed by atoms with van der Waals surface area (Å²) in [7, 11) is -3.34. The van der Waals surface area contributed by atoms with E-state index in [0.717, 1.165) is 24.2 Å². The molecule has 0 amide bonds. The molecule has 0 radical (unpaired) electrons. The van der Waals surface area contributed by atoms with Gasteiger partial charge < -0.3 is 4.57 Å². The molecule has 1 aliphatic carbocycles. The van der Waals surface area contributed by atoms with E-state index < -0.39 is 22.4 Å². The quantitative estimate of drug-likeness (QED) is 0.579. The maximum atomic E-state index is 12.6. The van der Waals surface area contributed by atoms with E-state index in [1.807, 2.05) is 25.3 Å². The summed E-state index contributed by atoms with van der Waals surface area (Å²) in [4.78, 5) is 4.93. The molecule has 3 rings (SSSR count). The number of nitrogens with zero attached hydrogens (tertiary/aromatic N) is 2. The van der Waals surface area contributed by atoms with Crippen LogP contribution in [0.3, 0.4) is 0 Å². The average Bonchev–Trinajstić information content (AvgIpc) is 3.26. The highest BCUT2D eigenvalue weighted by molar-refractivity contribution is 7.91. The van der Waals surface area contributed by atoms with Gasteiger partial charge in [0.2, 0.25) is 0 Å². The Bertz CT molecular complexity index is 952. The van der Waals surface area contributed by atoms with E-state index in [1.165, 1.54) is 0 Å². The van der Waals surface area contributed by atoms with Crippen LogP contribution in [0.5, 0.6) is 0 Å². The second kappa shape index (κ2) is 7.35. The smallest absolute Gasteiger partial charge is 0.328 e. The van der Waals surface area contributed by atoms with Crippen LogP contribution in [0.2, 0.25) is 0 Å². The number of rotatable bonds is 7. The van der Waals surface area contributed by atoms with Gasteiger partial charge in [-0.25, -0.2) is 13.4 Å². The van der Waals surface area contributed by atoms with Crippen molar-refractivity contribution in [3.05, 3.63) is 24.0 Å². The van der Waals surface area contributed by atoms with E-state index >= 15 is 0 Å². The topological polar surface area (TPSA) is 52.0 Å². The number of fused-ring (bicyclic) bond motifs is 1. The number of benzene rings is 1. The van der Waals surface area contributed by atoms with Gasteiger partial charge in [0.25, 0.3) is 0 Å². The predicted molar refractivity (Wildman–Crippen MR) is 103 cm³/mol. The van der Waals surface area contributed by atoms with Crippen LogP contribution in [-0.4, -0.2) is 29.9 Å². The molecule has 0 atom stereocenters. The molecule has 1 aromatic carbocycles. The molecular weight excluding hydrogens is 389 g/mol. The standard InChI is InChI=1S/C20H27F3N2O2S/c1-19(2,3)18-24-16-12-15(28(26,27)13-14-6-7-14)8-9-17(16)25(18)11-5-4-10-20(21,22)23/h8-9,12,14H,4-7,10-11,13H2,1-3H3. The van der Waals surface area contributed by atoms with Crippen LogP contribution >= 0.6 is 0 Å². The van der Waals surface area contributed by atoms with Crippen molar-refractivity contribution in [1.82, 2.24) is 9.55 Å². The molecule has 0 bridgehead atoms. The molecule has 1 fully saturated rings. The number of aryl methyl sites for hydroxylation is 1. The van der Waals surface area contributed by atoms with Crippen molar-refractivity contribution in [3.63, 3.8) is 0 Å². The van der Waals surface area contributed by atoms with Gasteiger partial charge in [0.1, 0.15) is 5.82 Å². The van der Waals surface area contributed by atoms with Crippen molar-refractivity contribution >= 4 is 20.9 Å². The van der Waals surface area contributed by atoms with Crippen molar-refractivity contribution in [2.45, 2.75) is 75.9 Å². The van der Waals surface area contributed by atoms with Gasteiger partial charge in [-0.05, 0) is 49.8 Å². The molecule has 4 nitrogen and oxygen atoms in total. The normalized spacial score (nSPS) is 16.1. The zero-order valence-electron chi connectivity index (χ0n) is 16.5. The Labute approximate surface area is 164 Å². The molecule has 0 aliphatic heterocycles. The third-order valence-corrected chi connectivity index (χ3v) is 6.88. The average molecular weight is 417 g/mol. The second-order valence-corrected chi connectivity index (χ2v) is 10.8. The SMILES string of the molecule is CC(C)(C)c1nc2cc(S(=O)(=O)CC3CC3)ccc2n1CCCCC(F)(F)F. The van der Waals surface area contributed by atoms with Gasteiger partial charge in [-0.15, -0.1) is 0 Å². The Morgan fingerprint density at radius 3 is 2.39 bits per heavy atom. The van der Waals surface area contributed by atoms with E-state index in [4.69, 9.17) is 0 Å². The number of hydrogen-bond donors (Lipinski definition) is 0. The van der Waals surface area contributed by atoms with Crippen LogP contribution in [0.15, 0.2) is 23.1 Å². The molecule has 1 aromatic heterocycles. The number of aromatic nitrogens is 2. The Kier molecular flexibility index (Phi) is 5.55. The zero-order chi connectivity index (χ0) is 20.7. The van der Waals surface area contributed by atoms with Crippen LogP contribution < -0.4 is 0 Å². The molecule has 0 saturated heterocycles. The number of hydrogen-bond acceptors (Lipinski definition) is 3. The fourth-order valence-corrected chi connectivity index (χ4v) is 5.10. The molecule has 8 heteroatoms. The maximum Gasteiger partial charge on any atom is 0.389 e. The predicted octanol–water partition coefficient (Wildman–Crippen LogP) is 5.25. The summed E-state index contributed by atoms with van der Waals surface area (Å²) < 4.78 is 64.3. The molecule has 0 spiro atoms. The Hall–Kier alpha value is -1.57. The minimum Gasteiger partial charge on any atom is -0.328 e. The molecule has 1 saturated carbocycles. The van der Waals surface area contributed by atoms with Crippen LogP contribution in [0, 0.1) is 5.92 Å². The third-order valence-electron chi connectivity index (χ3n) is 4.99. The summed E-state index contributed by atoms with van der Waals surface area (Å²) in [5, 5.41) is 0. The van der Waals surface area contributed by atoms with Gasteiger partial charge in [0.05, 0.1) is 21.7 Å². The van der Waals surface area contributed by atoms with E-state index in [9.17, 15) is 21.6 Å². The van der Waals surface area contributed by atoms with Gasteiger partial charge in [0, 0.05) is 18.4 Å². The highest BCUT2D eigenvalue weighted by atomic mass is 32.2. The summed E-state index contributed by atoms with van der Waals surface area (Å²) in [6.07, 6.45) is -2.58. The Morgan fingerprint density at radius 2 is 1.82 bits per heavy atom. The first-order valence-electron chi connectivity index (χ1n) is 9.67. The maximum absolute atomic E-state index is 12.6. The van der Waals surface area contributed by atoms with E-state index in [-0.39, 0.29) is 28.4 Å². The van der Waals surface area contributed by atoms with Crippen LogP contribution in [-0.2, 0) is 21.8 Å². The largest absolute Gasteiger partial charge is 0.389 e.